The summed E-state index contributed by atoms with van der Waals surface area (Å²) in [6, 6.07) is 21.2. The van der Waals surface area contributed by atoms with E-state index in [4.69, 9.17) is 4.74 Å². The van der Waals surface area contributed by atoms with Gasteiger partial charge < -0.3 is 19.9 Å². The van der Waals surface area contributed by atoms with Gasteiger partial charge in [-0.1, -0.05) is 36.4 Å². The number of aromatic nitrogens is 1. The molecule has 2 aromatic carbocycles. The third-order valence-corrected chi connectivity index (χ3v) is 8.10. The number of methoxy groups -OCH3 is 1. The number of carbonyl (C=O) groups excluding carboxylic acids is 2. The number of carbonyl (C=O) groups is 2. The Morgan fingerprint density at radius 1 is 0.975 bits per heavy atom. The van der Waals surface area contributed by atoms with Gasteiger partial charge in [-0.15, -0.1) is 24.8 Å². The molecule has 0 saturated carbocycles. The highest BCUT2D eigenvalue weighted by atomic mass is 35.5. The molecule has 40 heavy (non-hydrogen) atoms. The summed E-state index contributed by atoms with van der Waals surface area (Å²) >= 11 is 0. The van der Waals surface area contributed by atoms with Crippen LogP contribution in [0.1, 0.15) is 53.2 Å². The second-order valence-corrected chi connectivity index (χ2v) is 10.4. The van der Waals surface area contributed by atoms with Gasteiger partial charge in [0.05, 0.1) is 18.6 Å². The molecule has 0 bridgehead atoms. The van der Waals surface area contributed by atoms with E-state index in [0.717, 1.165) is 68.7 Å². The lowest BCUT2D eigenvalue weighted by molar-refractivity contribution is -0.138. The Bertz CT molecular complexity index is 1220. The highest BCUT2D eigenvalue weighted by Crippen LogP contribution is 2.42. The van der Waals surface area contributed by atoms with Crippen molar-refractivity contribution in [3.05, 3.63) is 95.8 Å². The summed E-state index contributed by atoms with van der Waals surface area (Å²) in [5, 5.41) is 3.24. The van der Waals surface area contributed by atoms with Gasteiger partial charge in [-0.2, -0.15) is 0 Å². The maximum absolute atomic E-state index is 13.4. The lowest BCUT2D eigenvalue weighted by Crippen LogP contribution is -2.45. The van der Waals surface area contributed by atoms with Crippen molar-refractivity contribution in [3.63, 3.8) is 0 Å². The van der Waals surface area contributed by atoms with Crippen molar-refractivity contribution < 1.29 is 14.3 Å². The van der Waals surface area contributed by atoms with Crippen molar-refractivity contribution in [1.82, 2.24) is 20.1 Å². The number of benzene rings is 2. The maximum Gasteiger partial charge on any atom is 0.251 e. The number of pyridine rings is 1. The Kier molecular flexibility index (Phi) is 11.4. The smallest absolute Gasteiger partial charge is 0.251 e. The molecule has 3 heterocycles. The Morgan fingerprint density at radius 2 is 1.68 bits per heavy atom. The second kappa shape index (κ2) is 14.5. The van der Waals surface area contributed by atoms with Gasteiger partial charge in [0.25, 0.3) is 5.91 Å². The monoisotopic (exact) mass is 584 g/mol. The highest BCUT2D eigenvalue weighted by Gasteiger charge is 2.47. The van der Waals surface area contributed by atoms with Crippen molar-refractivity contribution in [1.29, 1.82) is 0 Å². The Labute approximate surface area is 249 Å². The molecule has 2 amide bonds. The van der Waals surface area contributed by atoms with Crippen LogP contribution in [0.3, 0.4) is 0 Å². The molecule has 2 saturated heterocycles. The van der Waals surface area contributed by atoms with Crippen LogP contribution in [0.15, 0.2) is 79.1 Å². The third-order valence-electron chi connectivity index (χ3n) is 8.10. The van der Waals surface area contributed by atoms with Crippen molar-refractivity contribution in [2.45, 2.75) is 38.3 Å². The van der Waals surface area contributed by atoms with E-state index in [1.807, 2.05) is 41.4 Å². The highest BCUT2D eigenvalue weighted by molar-refractivity contribution is 5.94. The van der Waals surface area contributed by atoms with E-state index in [9.17, 15) is 9.59 Å². The molecule has 2 aliphatic heterocycles. The van der Waals surface area contributed by atoms with Crippen LogP contribution in [-0.2, 0) is 11.3 Å². The average molecular weight is 586 g/mol. The van der Waals surface area contributed by atoms with Crippen LogP contribution in [-0.4, -0.2) is 59.9 Å². The first kappa shape index (κ1) is 31.4. The minimum Gasteiger partial charge on any atom is -0.497 e. The number of likely N-dealkylation sites (tertiary alicyclic amines) is 2. The van der Waals surface area contributed by atoms with Crippen LogP contribution in [0.25, 0.3) is 0 Å². The third kappa shape index (κ3) is 7.33. The molecule has 0 aliphatic carbocycles. The molecule has 2 fully saturated rings. The molecule has 1 atom stereocenters. The molecule has 1 N–H and O–H groups in total. The number of halogens is 2. The molecule has 2 aliphatic rings. The zero-order valence-electron chi connectivity index (χ0n) is 22.8. The van der Waals surface area contributed by atoms with Gasteiger partial charge in [0.1, 0.15) is 5.75 Å². The van der Waals surface area contributed by atoms with Gasteiger partial charge in [-0.05, 0) is 80.2 Å². The van der Waals surface area contributed by atoms with Crippen molar-refractivity contribution in [3.8, 4) is 5.75 Å². The van der Waals surface area contributed by atoms with Gasteiger partial charge in [-0.3, -0.25) is 14.6 Å². The van der Waals surface area contributed by atoms with Gasteiger partial charge in [0.2, 0.25) is 5.91 Å². The molecule has 1 aromatic heterocycles. The summed E-state index contributed by atoms with van der Waals surface area (Å²) in [4.78, 5) is 35.0. The number of nitrogens with one attached hydrogen (secondary N) is 1. The Balaban J connectivity index is 0.00000220. The van der Waals surface area contributed by atoms with Crippen LogP contribution in [0.4, 0.5) is 0 Å². The Hall–Kier alpha value is -3.13. The van der Waals surface area contributed by atoms with E-state index in [1.165, 1.54) is 0 Å². The van der Waals surface area contributed by atoms with E-state index in [0.29, 0.717) is 18.0 Å². The van der Waals surface area contributed by atoms with E-state index in [1.54, 1.807) is 37.6 Å². The molecule has 3 aromatic rings. The molecular formula is C31H38Cl2N4O3. The largest absolute Gasteiger partial charge is 0.497 e. The minimum atomic E-state index is -0.222. The van der Waals surface area contributed by atoms with Crippen molar-refractivity contribution >= 4 is 36.6 Å². The number of piperidine rings is 1. The fourth-order valence-electron chi connectivity index (χ4n) is 5.73. The molecule has 0 radical (unpaired) electrons. The number of hydrogen-bond donors (Lipinski definition) is 1. The quantitative estimate of drug-likeness (QED) is 0.369. The number of hydrogen-bond acceptors (Lipinski definition) is 5. The topological polar surface area (TPSA) is 74.8 Å². The molecule has 7 nitrogen and oxygen atoms in total. The SMILES string of the molecule is COc1ccc(C(=O)NC(CCN2CCC3(CC2)CCN(Cc2cccnc2)C3=O)c2ccccc2)cc1.Cl.Cl. The van der Waals surface area contributed by atoms with Crippen LogP contribution in [0.5, 0.6) is 5.75 Å². The van der Waals surface area contributed by atoms with E-state index in [2.05, 4.69) is 27.3 Å². The van der Waals surface area contributed by atoms with Gasteiger partial charge in [0.15, 0.2) is 0 Å². The summed E-state index contributed by atoms with van der Waals surface area (Å²) < 4.78 is 5.22. The van der Waals surface area contributed by atoms with Crippen molar-refractivity contribution in [2.24, 2.45) is 5.41 Å². The first-order valence-corrected chi connectivity index (χ1v) is 13.5. The fourth-order valence-corrected chi connectivity index (χ4v) is 5.73. The summed E-state index contributed by atoms with van der Waals surface area (Å²) in [6.45, 7) is 4.14. The molecule has 5 rings (SSSR count). The zero-order valence-corrected chi connectivity index (χ0v) is 24.5. The molecular weight excluding hydrogens is 547 g/mol. The fraction of sp³-hybridized carbons (Fsp3) is 0.387. The molecule has 9 heteroatoms. The lowest BCUT2D eigenvalue weighted by Gasteiger charge is -2.38. The van der Waals surface area contributed by atoms with Gasteiger partial charge in [-0.25, -0.2) is 0 Å². The normalized spacial score (nSPS) is 17.0. The number of nitrogens with zero attached hydrogens (tertiary/aromatic N) is 3. The molecule has 214 valence electrons. The molecule has 1 unspecified atom stereocenters. The van der Waals surface area contributed by atoms with Gasteiger partial charge >= 0.3 is 0 Å². The van der Waals surface area contributed by atoms with Crippen LogP contribution in [0, 0.1) is 5.41 Å². The Morgan fingerprint density at radius 3 is 2.33 bits per heavy atom. The van der Waals surface area contributed by atoms with Gasteiger partial charge in [0, 0.05) is 37.6 Å². The summed E-state index contributed by atoms with van der Waals surface area (Å²) in [5.41, 5.74) is 2.57. The second-order valence-electron chi connectivity index (χ2n) is 10.4. The number of amides is 2. The average Bonchev–Trinajstić information content (AvgIpc) is 3.26. The maximum atomic E-state index is 13.4. The van der Waals surface area contributed by atoms with Crippen LogP contribution < -0.4 is 10.1 Å². The first-order valence-electron chi connectivity index (χ1n) is 13.5. The molecule has 1 spiro atoms. The summed E-state index contributed by atoms with van der Waals surface area (Å²) in [6.07, 6.45) is 7.13. The first-order chi connectivity index (χ1) is 18.6. The van der Waals surface area contributed by atoms with Crippen LogP contribution in [0.2, 0.25) is 0 Å². The zero-order chi connectivity index (χ0) is 26.4. The summed E-state index contributed by atoms with van der Waals surface area (Å²) in [7, 11) is 1.62. The van der Waals surface area contributed by atoms with E-state index in [-0.39, 0.29) is 42.2 Å². The number of ether oxygens (including phenoxy) is 1. The minimum absolute atomic E-state index is 0. The van der Waals surface area contributed by atoms with E-state index < -0.39 is 0 Å². The van der Waals surface area contributed by atoms with Crippen LogP contribution >= 0.6 is 24.8 Å². The standard InChI is InChI=1S/C31H36N4O3.2ClH/c1-38-27-11-9-26(10-12-27)29(36)33-28(25-7-3-2-4-8-25)13-18-34-19-14-31(15-20-34)16-21-35(30(31)37)23-24-6-5-17-32-22-24;;/h2-12,17,22,28H,13-16,18-21,23H2,1H3,(H,33,36);2*1H. The van der Waals surface area contributed by atoms with Crippen molar-refractivity contribution in [2.75, 3.05) is 33.3 Å². The number of rotatable bonds is 9. The predicted molar refractivity (Wildman–Crippen MR) is 161 cm³/mol. The van der Waals surface area contributed by atoms with E-state index >= 15 is 0 Å². The lowest BCUT2D eigenvalue weighted by atomic mass is 9.77. The summed E-state index contributed by atoms with van der Waals surface area (Å²) in [5.74, 6) is 0.934. The predicted octanol–water partition coefficient (Wildman–Crippen LogP) is 5.31.